The Morgan fingerprint density at radius 1 is 1.26 bits per heavy atom. The summed E-state index contributed by atoms with van der Waals surface area (Å²) < 4.78 is 5.63. The van der Waals surface area contributed by atoms with Crippen LogP contribution < -0.4 is 10.1 Å². The molecular formula is C18H29ClN2O2. The number of benzene rings is 1. The first-order valence-corrected chi connectivity index (χ1v) is 8.46. The van der Waals surface area contributed by atoms with E-state index in [1.54, 1.807) is 0 Å². The van der Waals surface area contributed by atoms with Crippen LogP contribution in [0, 0.1) is 5.92 Å². The van der Waals surface area contributed by atoms with E-state index >= 15 is 0 Å². The number of likely N-dealkylation sites (tertiary alicyclic amines) is 1. The Bertz CT molecular complexity index is 434. The maximum Gasteiger partial charge on any atom is 0.222 e. The van der Waals surface area contributed by atoms with Gasteiger partial charge in [0.05, 0.1) is 6.61 Å². The fourth-order valence-corrected chi connectivity index (χ4v) is 2.82. The topological polar surface area (TPSA) is 41.6 Å². The molecule has 1 fully saturated rings. The summed E-state index contributed by atoms with van der Waals surface area (Å²) in [6.07, 6.45) is 3.62. The van der Waals surface area contributed by atoms with Crippen molar-refractivity contribution in [2.24, 2.45) is 5.92 Å². The highest BCUT2D eigenvalue weighted by molar-refractivity contribution is 5.85. The number of hydrogen-bond donors (Lipinski definition) is 1. The predicted molar refractivity (Wildman–Crippen MR) is 96.3 cm³/mol. The molecule has 130 valence electrons. The van der Waals surface area contributed by atoms with Gasteiger partial charge in [0.25, 0.3) is 0 Å². The Kier molecular flexibility index (Phi) is 9.72. The molecule has 1 aliphatic heterocycles. The van der Waals surface area contributed by atoms with Gasteiger partial charge in [0.2, 0.25) is 5.91 Å². The number of nitrogens with one attached hydrogen (secondary N) is 1. The number of para-hydroxylation sites is 1. The van der Waals surface area contributed by atoms with Crippen LogP contribution in [0.3, 0.4) is 0 Å². The van der Waals surface area contributed by atoms with Crippen LogP contribution in [0.1, 0.15) is 32.6 Å². The van der Waals surface area contributed by atoms with Crippen LogP contribution in [-0.4, -0.2) is 43.6 Å². The number of rotatable bonds is 8. The van der Waals surface area contributed by atoms with E-state index in [-0.39, 0.29) is 18.3 Å². The number of amides is 1. The van der Waals surface area contributed by atoms with Gasteiger partial charge < -0.3 is 15.0 Å². The normalized spacial score (nSPS) is 15.1. The lowest BCUT2D eigenvalue weighted by Crippen LogP contribution is -2.40. The van der Waals surface area contributed by atoms with Crippen molar-refractivity contribution in [3.63, 3.8) is 0 Å². The predicted octanol–water partition coefficient (Wildman–Crippen LogP) is 3.12. The molecule has 0 atom stereocenters. The van der Waals surface area contributed by atoms with E-state index < -0.39 is 0 Å². The monoisotopic (exact) mass is 340 g/mol. The summed E-state index contributed by atoms with van der Waals surface area (Å²) in [6.45, 7) is 6.68. The van der Waals surface area contributed by atoms with Gasteiger partial charge in [0.1, 0.15) is 5.75 Å². The van der Waals surface area contributed by atoms with Gasteiger partial charge in [-0.15, -0.1) is 12.4 Å². The Hall–Kier alpha value is -1.26. The number of hydrogen-bond acceptors (Lipinski definition) is 3. The molecule has 0 aliphatic carbocycles. The summed E-state index contributed by atoms with van der Waals surface area (Å²) in [6, 6.07) is 9.76. The van der Waals surface area contributed by atoms with Crippen LogP contribution in [0.2, 0.25) is 0 Å². The van der Waals surface area contributed by atoms with E-state index in [4.69, 9.17) is 4.74 Å². The van der Waals surface area contributed by atoms with E-state index in [1.165, 1.54) is 0 Å². The van der Waals surface area contributed by atoms with E-state index in [0.29, 0.717) is 13.0 Å². The molecule has 0 spiro atoms. The maximum absolute atomic E-state index is 12.2. The van der Waals surface area contributed by atoms with Crippen molar-refractivity contribution in [1.29, 1.82) is 0 Å². The smallest absolute Gasteiger partial charge is 0.222 e. The fourth-order valence-electron chi connectivity index (χ4n) is 2.82. The minimum absolute atomic E-state index is 0. The summed E-state index contributed by atoms with van der Waals surface area (Å²) >= 11 is 0. The van der Waals surface area contributed by atoms with Gasteiger partial charge in [-0.05, 0) is 50.4 Å². The summed E-state index contributed by atoms with van der Waals surface area (Å²) in [7, 11) is 0. The molecule has 5 heteroatoms. The molecule has 1 aromatic rings. The van der Waals surface area contributed by atoms with E-state index in [9.17, 15) is 4.79 Å². The van der Waals surface area contributed by atoms with Crippen molar-refractivity contribution < 1.29 is 9.53 Å². The molecule has 1 aliphatic rings. The summed E-state index contributed by atoms with van der Waals surface area (Å²) in [5.74, 6) is 1.88. The molecule has 0 saturated carbocycles. The fraction of sp³-hybridized carbons (Fsp3) is 0.611. The third-order valence-corrected chi connectivity index (χ3v) is 4.20. The molecule has 1 N–H and O–H groups in total. The Morgan fingerprint density at radius 3 is 2.61 bits per heavy atom. The molecule has 1 amide bonds. The lowest BCUT2D eigenvalue weighted by molar-refractivity contribution is -0.132. The molecule has 23 heavy (non-hydrogen) atoms. The average Bonchev–Trinajstić information content (AvgIpc) is 2.58. The molecule has 1 heterocycles. The molecular weight excluding hydrogens is 312 g/mol. The largest absolute Gasteiger partial charge is 0.494 e. The summed E-state index contributed by atoms with van der Waals surface area (Å²) in [4.78, 5) is 14.2. The third-order valence-electron chi connectivity index (χ3n) is 4.20. The first kappa shape index (κ1) is 19.8. The number of piperidine rings is 1. The van der Waals surface area contributed by atoms with Crippen molar-refractivity contribution in [2.45, 2.75) is 32.6 Å². The SMILES string of the molecule is CCNCC1CCN(C(=O)CCCOc2ccccc2)CC1.Cl. The van der Waals surface area contributed by atoms with Crippen LogP contribution in [0.15, 0.2) is 30.3 Å². The highest BCUT2D eigenvalue weighted by atomic mass is 35.5. The van der Waals surface area contributed by atoms with Crippen molar-refractivity contribution in [2.75, 3.05) is 32.8 Å². The average molecular weight is 341 g/mol. The second-order valence-corrected chi connectivity index (χ2v) is 5.90. The van der Waals surface area contributed by atoms with Gasteiger partial charge >= 0.3 is 0 Å². The minimum Gasteiger partial charge on any atom is -0.494 e. The van der Waals surface area contributed by atoms with E-state index in [1.807, 2.05) is 35.2 Å². The van der Waals surface area contributed by atoms with Crippen molar-refractivity contribution in [1.82, 2.24) is 10.2 Å². The zero-order valence-corrected chi connectivity index (χ0v) is 14.8. The second kappa shape index (κ2) is 11.3. The summed E-state index contributed by atoms with van der Waals surface area (Å²) in [5, 5.41) is 3.40. The maximum atomic E-state index is 12.2. The molecule has 1 saturated heterocycles. The van der Waals surface area contributed by atoms with Gasteiger partial charge in [-0.25, -0.2) is 0 Å². The molecule has 2 rings (SSSR count). The van der Waals surface area contributed by atoms with Crippen LogP contribution >= 0.6 is 12.4 Å². The first-order chi connectivity index (χ1) is 10.8. The van der Waals surface area contributed by atoms with E-state index in [0.717, 1.165) is 57.1 Å². The highest BCUT2D eigenvalue weighted by Crippen LogP contribution is 2.17. The number of carbonyl (C=O) groups is 1. The van der Waals surface area contributed by atoms with Gasteiger partial charge in [0.15, 0.2) is 0 Å². The molecule has 0 radical (unpaired) electrons. The first-order valence-electron chi connectivity index (χ1n) is 8.46. The third kappa shape index (κ3) is 7.23. The molecule has 4 nitrogen and oxygen atoms in total. The zero-order chi connectivity index (χ0) is 15.6. The summed E-state index contributed by atoms with van der Waals surface area (Å²) in [5.41, 5.74) is 0. The highest BCUT2D eigenvalue weighted by Gasteiger charge is 2.21. The van der Waals surface area contributed by atoms with Gasteiger partial charge in [-0.3, -0.25) is 4.79 Å². The van der Waals surface area contributed by atoms with Crippen molar-refractivity contribution in [3.05, 3.63) is 30.3 Å². The van der Waals surface area contributed by atoms with Crippen molar-refractivity contribution in [3.8, 4) is 5.75 Å². The lowest BCUT2D eigenvalue weighted by atomic mass is 9.96. The Balaban J connectivity index is 0.00000264. The molecule has 1 aromatic carbocycles. The number of ether oxygens (including phenoxy) is 1. The number of carbonyl (C=O) groups excluding carboxylic acids is 1. The number of nitrogens with zero attached hydrogens (tertiary/aromatic N) is 1. The molecule has 0 unspecified atom stereocenters. The van der Waals surface area contributed by atoms with Crippen molar-refractivity contribution >= 4 is 18.3 Å². The number of halogens is 1. The lowest BCUT2D eigenvalue weighted by Gasteiger charge is -2.32. The molecule has 0 bridgehead atoms. The second-order valence-electron chi connectivity index (χ2n) is 5.90. The van der Waals surface area contributed by atoms with Gasteiger partial charge in [0, 0.05) is 19.5 Å². The Morgan fingerprint density at radius 2 is 1.96 bits per heavy atom. The Labute approximate surface area is 146 Å². The van der Waals surface area contributed by atoms with Crippen LogP contribution in [0.25, 0.3) is 0 Å². The van der Waals surface area contributed by atoms with Gasteiger partial charge in [-0.2, -0.15) is 0 Å². The minimum atomic E-state index is 0. The standard InChI is InChI=1S/C18H28N2O2.ClH/c1-2-19-15-16-10-12-20(13-11-16)18(21)9-6-14-22-17-7-4-3-5-8-17;/h3-5,7-8,16,19H,2,6,9-15H2,1H3;1H. The quantitative estimate of drug-likeness (QED) is 0.739. The van der Waals surface area contributed by atoms with Crippen LogP contribution in [0.5, 0.6) is 5.75 Å². The van der Waals surface area contributed by atoms with Crippen LogP contribution in [-0.2, 0) is 4.79 Å². The van der Waals surface area contributed by atoms with E-state index in [2.05, 4.69) is 12.2 Å². The van der Waals surface area contributed by atoms with Crippen LogP contribution in [0.4, 0.5) is 0 Å². The van der Waals surface area contributed by atoms with Gasteiger partial charge in [-0.1, -0.05) is 25.1 Å². The molecule has 0 aromatic heterocycles. The zero-order valence-electron chi connectivity index (χ0n) is 14.0.